The predicted octanol–water partition coefficient (Wildman–Crippen LogP) is 7.92. The Hall–Kier alpha value is -2.09. The molecule has 2 unspecified atom stereocenters. The van der Waals surface area contributed by atoms with Crippen LogP contribution >= 0.6 is 0 Å². The van der Waals surface area contributed by atoms with Gasteiger partial charge >= 0.3 is 5.97 Å². The summed E-state index contributed by atoms with van der Waals surface area (Å²) in [6.45, 7) is 18.2. The van der Waals surface area contributed by atoms with Gasteiger partial charge in [0.15, 0.2) is 0 Å². The number of carbonyl (C=O) groups excluding carboxylic acids is 1. The minimum Gasteiger partial charge on any atom is -0.463 e. The van der Waals surface area contributed by atoms with Crippen molar-refractivity contribution in [1.82, 2.24) is 0 Å². The van der Waals surface area contributed by atoms with Crippen LogP contribution in [0.15, 0.2) is 48.1 Å². The van der Waals surface area contributed by atoms with Gasteiger partial charge in [-0.25, -0.2) is 4.79 Å². The summed E-state index contributed by atoms with van der Waals surface area (Å²) in [5, 5.41) is 0. The number of ether oxygens (including phenoxy) is 1. The largest absolute Gasteiger partial charge is 0.463 e. The summed E-state index contributed by atoms with van der Waals surface area (Å²) in [4.78, 5) is 11.7. The molecule has 0 radical (unpaired) electrons. The molecule has 32 heavy (non-hydrogen) atoms. The molecule has 0 spiro atoms. The maximum Gasteiger partial charge on any atom is 0.330 e. The molecule has 1 fully saturated rings. The summed E-state index contributed by atoms with van der Waals surface area (Å²) < 4.78 is 5.04. The lowest BCUT2D eigenvalue weighted by Crippen LogP contribution is -2.25. The van der Waals surface area contributed by atoms with Crippen LogP contribution in [-0.4, -0.2) is 12.6 Å². The Morgan fingerprint density at radius 2 is 1.94 bits per heavy atom. The van der Waals surface area contributed by atoms with Gasteiger partial charge in [-0.05, 0) is 77.7 Å². The van der Waals surface area contributed by atoms with Crippen LogP contribution in [0.25, 0.3) is 5.57 Å². The zero-order valence-corrected chi connectivity index (χ0v) is 21.5. The van der Waals surface area contributed by atoms with Gasteiger partial charge in [0.05, 0.1) is 6.61 Å². The normalized spacial score (nSPS) is 24.8. The number of hydrogen-bond acceptors (Lipinski definition) is 2. The van der Waals surface area contributed by atoms with E-state index in [1.165, 1.54) is 41.5 Å². The van der Waals surface area contributed by atoms with E-state index < -0.39 is 0 Å². The first-order valence-electron chi connectivity index (χ1n) is 12.3. The maximum absolute atomic E-state index is 11.7. The van der Waals surface area contributed by atoms with Crippen molar-refractivity contribution in [2.45, 2.75) is 91.9 Å². The second-order valence-electron chi connectivity index (χ2n) is 11.4. The van der Waals surface area contributed by atoms with Crippen molar-refractivity contribution in [3.63, 3.8) is 0 Å². The zero-order chi connectivity index (χ0) is 23.7. The van der Waals surface area contributed by atoms with Crippen LogP contribution < -0.4 is 0 Å². The Morgan fingerprint density at radius 1 is 1.22 bits per heavy atom. The number of benzene rings is 1. The topological polar surface area (TPSA) is 26.3 Å². The first kappa shape index (κ1) is 24.6. The molecular weight excluding hydrogens is 392 g/mol. The van der Waals surface area contributed by atoms with E-state index in [2.05, 4.69) is 78.0 Å². The van der Waals surface area contributed by atoms with Crippen molar-refractivity contribution in [3.05, 3.63) is 64.8 Å². The van der Waals surface area contributed by atoms with Gasteiger partial charge in [0.2, 0.25) is 0 Å². The molecule has 2 atom stereocenters. The third-order valence-corrected chi connectivity index (χ3v) is 7.29. The van der Waals surface area contributed by atoms with E-state index in [4.69, 9.17) is 4.74 Å². The van der Waals surface area contributed by atoms with E-state index in [0.29, 0.717) is 12.5 Å². The number of rotatable bonds is 7. The fraction of sp³-hybridized carbons (Fsp3) is 0.567. The van der Waals surface area contributed by atoms with Gasteiger partial charge in [-0.3, -0.25) is 0 Å². The second-order valence-corrected chi connectivity index (χ2v) is 11.4. The fourth-order valence-electron chi connectivity index (χ4n) is 5.44. The van der Waals surface area contributed by atoms with Gasteiger partial charge in [0.1, 0.15) is 0 Å². The molecule has 2 aliphatic carbocycles. The quantitative estimate of drug-likeness (QED) is 0.247. The van der Waals surface area contributed by atoms with Crippen LogP contribution in [0.1, 0.15) is 97.8 Å². The lowest BCUT2D eigenvalue weighted by atomic mass is 9.67. The van der Waals surface area contributed by atoms with Gasteiger partial charge in [0, 0.05) is 11.5 Å². The molecule has 0 N–H and O–H groups in total. The van der Waals surface area contributed by atoms with Crippen molar-refractivity contribution < 1.29 is 9.53 Å². The van der Waals surface area contributed by atoms with Crippen LogP contribution in [0.3, 0.4) is 0 Å². The first-order chi connectivity index (χ1) is 14.9. The molecule has 0 aliphatic heterocycles. The molecule has 1 saturated carbocycles. The third-order valence-electron chi connectivity index (χ3n) is 7.29. The Morgan fingerprint density at radius 3 is 2.56 bits per heavy atom. The lowest BCUT2D eigenvalue weighted by molar-refractivity contribution is -0.137. The molecule has 0 amide bonds. The molecule has 0 heterocycles. The lowest BCUT2D eigenvalue weighted by Gasteiger charge is -2.37. The first-order valence-corrected chi connectivity index (χ1v) is 12.3. The molecule has 3 rings (SSSR count). The van der Waals surface area contributed by atoms with Gasteiger partial charge in [-0.1, -0.05) is 84.4 Å². The Balaban J connectivity index is 1.93. The van der Waals surface area contributed by atoms with Crippen LogP contribution in [0, 0.1) is 11.3 Å². The monoisotopic (exact) mass is 434 g/mol. The fourth-order valence-corrected chi connectivity index (χ4v) is 5.44. The summed E-state index contributed by atoms with van der Waals surface area (Å²) >= 11 is 0. The van der Waals surface area contributed by atoms with E-state index in [0.717, 1.165) is 12.0 Å². The summed E-state index contributed by atoms with van der Waals surface area (Å²) in [5.74, 6) is 0.258. The Bertz CT molecular complexity index is 952. The molecule has 1 aromatic rings. The Kier molecular flexibility index (Phi) is 6.94. The molecule has 0 bridgehead atoms. The summed E-state index contributed by atoms with van der Waals surface area (Å²) in [6, 6.07) is 7.32. The van der Waals surface area contributed by atoms with E-state index in [1.807, 2.05) is 13.8 Å². The molecule has 2 aliphatic rings. The third kappa shape index (κ3) is 4.95. The number of fused-ring (bicyclic) bond motifs is 1. The molecule has 1 aromatic carbocycles. The van der Waals surface area contributed by atoms with Crippen molar-refractivity contribution in [1.29, 1.82) is 0 Å². The minimum atomic E-state index is -0.260. The highest BCUT2D eigenvalue weighted by atomic mass is 16.5. The Labute approximate surface area is 195 Å². The van der Waals surface area contributed by atoms with Crippen molar-refractivity contribution in [3.8, 4) is 0 Å². The maximum atomic E-state index is 11.7. The van der Waals surface area contributed by atoms with E-state index in [-0.39, 0.29) is 22.2 Å². The highest BCUT2D eigenvalue weighted by Gasteiger charge is 2.53. The van der Waals surface area contributed by atoms with Crippen molar-refractivity contribution in [2.75, 3.05) is 6.61 Å². The van der Waals surface area contributed by atoms with Gasteiger partial charge in [-0.15, -0.1) is 0 Å². The summed E-state index contributed by atoms with van der Waals surface area (Å²) in [6.07, 6.45) is 13.1. The predicted molar refractivity (Wildman–Crippen MR) is 136 cm³/mol. The zero-order valence-electron chi connectivity index (χ0n) is 21.5. The minimum absolute atomic E-state index is 0.139. The summed E-state index contributed by atoms with van der Waals surface area (Å²) in [5.41, 5.74) is 7.39. The molecule has 2 heteroatoms. The van der Waals surface area contributed by atoms with Crippen molar-refractivity contribution >= 4 is 11.5 Å². The molecule has 2 nitrogen and oxygen atoms in total. The SMILES string of the molecule is CCCC1(c2ccc3c(c2)C(C(C)(C)C)=CCC3(C)C)CC1/C=C/C(C)=C/C(=O)OCC. The van der Waals surface area contributed by atoms with Crippen LogP contribution in [-0.2, 0) is 20.4 Å². The number of carbonyl (C=O) groups is 1. The molecular formula is C30H42O2. The van der Waals surface area contributed by atoms with E-state index in [9.17, 15) is 4.79 Å². The van der Waals surface area contributed by atoms with Crippen LogP contribution in [0.5, 0.6) is 0 Å². The van der Waals surface area contributed by atoms with Crippen molar-refractivity contribution in [2.24, 2.45) is 11.3 Å². The average Bonchev–Trinajstić information content (AvgIpc) is 3.39. The standard InChI is InChI=1S/C30H42O2/c1-9-16-30(20-23(30)12-11-21(3)18-27(31)32-10-2)22-13-14-26-24(19-22)25(28(4,5)6)15-17-29(26,7)8/h11-15,18-19,23H,9-10,16-17,20H2,1-8H3/b12-11+,21-18+. The number of hydrogen-bond donors (Lipinski definition) is 0. The molecule has 174 valence electrons. The van der Waals surface area contributed by atoms with E-state index >= 15 is 0 Å². The van der Waals surface area contributed by atoms with Crippen LogP contribution in [0.2, 0.25) is 0 Å². The highest BCUT2D eigenvalue weighted by molar-refractivity contribution is 5.83. The smallest absolute Gasteiger partial charge is 0.330 e. The average molecular weight is 435 g/mol. The van der Waals surface area contributed by atoms with E-state index in [1.54, 1.807) is 6.08 Å². The van der Waals surface area contributed by atoms with Gasteiger partial charge < -0.3 is 4.74 Å². The number of esters is 1. The molecule has 0 saturated heterocycles. The molecule has 0 aromatic heterocycles. The van der Waals surface area contributed by atoms with Crippen LogP contribution in [0.4, 0.5) is 0 Å². The highest BCUT2D eigenvalue weighted by Crippen LogP contribution is 2.59. The second kappa shape index (κ2) is 9.04. The summed E-state index contributed by atoms with van der Waals surface area (Å²) in [7, 11) is 0. The number of allylic oxidation sites excluding steroid dienone is 5. The van der Waals surface area contributed by atoms with Gasteiger partial charge in [-0.2, -0.15) is 0 Å². The van der Waals surface area contributed by atoms with Gasteiger partial charge in [0.25, 0.3) is 0 Å².